The second kappa shape index (κ2) is 4.12. The SMILES string of the molecule is Cc1cc(N)n(Cc2cc(F)c(F)c(F)c2)n1. The molecule has 6 heteroatoms. The highest BCUT2D eigenvalue weighted by Crippen LogP contribution is 2.16. The largest absolute Gasteiger partial charge is 0.384 e. The van der Waals surface area contributed by atoms with Crippen LogP contribution in [0.1, 0.15) is 11.3 Å². The van der Waals surface area contributed by atoms with Gasteiger partial charge < -0.3 is 5.73 Å². The van der Waals surface area contributed by atoms with Crippen LogP contribution in [0.3, 0.4) is 0 Å². The predicted molar refractivity (Wildman–Crippen MR) is 56.8 cm³/mol. The Morgan fingerprint density at radius 2 is 1.76 bits per heavy atom. The molecule has 0 radical (unpaired) electrons. The van der Waals surface area contributed by atoms with Crippen LogP contribution >= 0.6 is 0 Å². The summed E-state index contributed by atoms with van der Waals surface area (Å²) in [5.41, 5.74) is 6.59. The van der Waals surface area contributed by atoms with Gasteiger partial charge in [0.05, 0.1) is 12.2 Å². The topological polar surface area (TPSA) is 43.8 Å². The molecule has 0 aliphatic heterocycles. The lowest BCUT2D eigenvalue weighted by Crippen LogP contribution is -2.07. The van der Waals surface area contributed by atoms with Crippen LogP contribution in [0.4, 0.5) is 19.0 Å². The third kappa shape index (κ3) is 2.25. The molecule has 0 saturated carbocycles. The van der Waals surface area contributed by atoms with E-state index < -0.39 is 17.5 Å². The number of rotatable bonds is 2. The van der Waals surface area contributed by atoms with Crippen molar-refractivity contribution in [1.29, 1.82) is 0 Å². The average Bonchev–Trinajstić information content (AvgIpc) is 2.54. The maximum absolute atomic E-state index is 13.0. The zero-order valence-corrected chi connectivity index (χ0v) is 9.04. The molecule has 0 spiro atoms. The van der Waals surface area contributed by atoms with Crippen LogP contribution in [0.15, 0.2) is 18.2 Å². The van der Waals surface area contributed by atoms with Crippen LogP contribution in [0.5, 0.6) is 0 Å². The zero-order chi connectivity index (χ0) is 12.6. The monoisotopic (exact) mass is 241 g/mol. The summed E-state index contributed by atoms with van der Waals surface area (Å²) in [6.07, 6.45) is 0. The summed E-state index contributed by atoms with van der Waals surface area (Å²) in [5.74, 6) is -3.53. The van der Waals surface area contributed by atoms with E-state index in [0.717, 1.165) is 12.1 Å². The molecule has 2 rings (SSSR count). The van der Waals surface area contributed by atoms with E-state index in [9.17, 15) is 13.2 Å². The van der Waals surface area contributed by atoms with Gasteiger partial charge in [-0.15, -0.1) is 0 Å². The van der Waals surface area contributed by atoms with Crippen molar-refractivity contribution >= 4 is 5.82 Å². The number of hydrogen-bond donors (Lipinski definition) is 1. The summed E-state index contributed by atoms with van der Waals surface area (Å²) in [6, 6.07) is 3.49. The molecule has 17 heavy (non-hydrogen) atoms. The van der Waals surface area contributed by atoms with E-state index in [-0.39, 0.29) is 12.1 Å². The number of anilines is 1. The molecule has 1 aromatic carbocycles. The molecule has 0 fully saturated rings. The van der Waals surface area contributed by atoms with Crippen molar-refractivity contribution in [2.24, 2.45) is 0 Å². The fourth-order valence-corrected chi connectivity index (χ4v) is 1.56. The summed E-state index contributed by atoms with van der Waals surface area (Å²) in [5, 5.41) is 4.04. The van der Waals surface area contributed by atoms with Crippen LogP contribution in [-0.4, -0.2) is 9.78 Å². The molecule has 0 aliphatic rings. The van der Waals surface area contributed by atoms with E-state index in [2.05, 4.69) is 5.10 Å². The number of nitrogen functional groups attached to an aromatic ring is 1. The molecular weight excluding hydrogens is 231 g/mol. The Balaban J connectivity index is 2.33. The van der Waals surface area contributed by atoms with Gasteiger partial charge in [-0.25, -0.2) is 17.9 Å². The lowest BCUT2D eigenvalue weighted by atomic mass is 10.2. The van der Waals surface area contributed by atoms with E-state index in [1.165, 1.54) is 4.68 Å². The highest BCUT2D eigenvalue weighted by atomic mass is 19.2. The summed E-state index contributed by atoms with van der Waals surface area (Å²) in [7, 11) is 0. The summed E-state index contributed by atoms with van der Waals surface area (Å²) < 4.78 is 40.1. The van der Waals surface area contributed by atoms with Crippen molar-refractivity contribution in [2.45, 2.75) is 13.5 Å². The second-order valence-corrected chi connectivity index (χ2v) is 3.74. The molecule has 0 atom stereocenters. The number of benzene rings is 1. The molecule has 90 valence electrons. The van der Waals surface area contributed by atoms with Gasteiger partial charge in [0.2, 0.25) is 0 Å². The third-order valence-corrected chi connectivity index (χ3v) is 2.31. The zero-order valence-electron chi connectivity index (χ0n) is 9.04. The van der Waals surface area contributed by atoms with E-state index >= 15 is 0 Å². The Hall–Kier alpha value is -1.98. The van der Waals surface area contributed by atoms with E-state index in [4.69, 9.17) is 5.73 Å². The number of aromatic nitrogens is 2. The molecule has 0 aliphatic carbocycles. The average molecular weight is 241 g/mol. The van der Waals surface area contributed by atoms with Crippen molar-refractivity contribution in [1.82, 2.24) is 9.78 Å². The summed E-state index contributed by atoms with van der Waals surface area (Å²) >= 11 is 0. The quantitative estimate of drug-likeness (QED) is 0.819. The van der Waals surface area contributed by atoms with Crippen molar-refractivity contribution in [3.8, 4) is 0 Å². The smallest absolute Gasteiger partial charge is 0.194 e. The molecule has 1 heterocycles. The highest BCUT2D eigenvalue weighted by Gasteiger charge is 2.11. The molecule has 2 aromatic rings. The van der Waals surface area contributed by atoms with Gasteiger partial charge in [0.25, 0.3) is 0 Å². The van der Waals surface area contributed by atoms with E-state index in [1.807, 2.05) is 0 Å². The molecule has 0 amide bonds. The first-order valence-corrected chi connectivity index (χ1v) is 4.90. The first-order chi connectivity index (χ1) is 7.97. The number of hydrogen-bond acceptors (Lipinski definition) is 2. The van der Waals surface area contributed by atoms with E-state index in [1.54, 1.807) is 13.0 Å². The Labute approximate surface area is 95.7 Å². The Morgan fingerprint density at radius 3 is 2.24 bits per heavy atom. The molecule has 0 saturated heterocycles. The lowest BCUT2D eigenvalue weighted by Gasteiger charge is -2.05. The van der Waals surface area contributed by atoms with Gasteiger partial charge in [-0.2, -0.15) is 5.10 Å². The van der Waals surface area contributed by atoms with Gasteiger partial charge >= 0.3 is 0 Å². The molecule has 3 nitrogen and oxygen atoms in total. The molecule has 0 unspecified atom stereocenters. The lowest BCUT2D eigenvalue weighted by molar-refractivity contribution is 0.444. The van der Waals surface area contributed by atoms with Crippen LogP contribution in [0.2, 0.25) is 0 Å². The molecular formula is C11H10F3N3. The minimum absolute atomic E-state index is 0.0911. The summed E-state index contributed by atoms with van der Waals surface area (Å²) in [6.45, 7) is 1.84. The second-order valence-electron chi connectivity index (χ2n) is 3.74. The number of nitrogens with zero attached hydrogens (tertiary/aromatic N) is 2. The molecule has 0 bridgehead atoms. The highest BCUT2D eigenvalue weighted by molar-refractivity contribution is 5.31. The van der Waals surface area contributed by atoms with Crippen LogP contribution in [0, 0.1) is 24.4 Å². The van der Waals surface area contributed by atoms with Gasteiger partial charge in [-0.1, -0.05) is 0 Å². The fraction of sp³-hybridized carbons (Fsp3) is 0.182. The van der Waals surface area contributed by atoms with Crippen molar-refractivity contribution in [3.05, 3.63) is 46.9 Å². The van der Waals surface area contributed by atoms with Gasteiger partial charge in [-0.05, 0) is 24.6 Å². The first-order valence-electron chi connectivity index (χ1n) is 4.90. The first kappa shape index (κ1) is 11.5. The van der Waals surface area contributed by atoms with Crippen LogP contribution in [0.25, 0.3) is 0 Å². The van der Waals surface area contributed by atoms with Crippen molar-refractivity contribution in [2.75, 3.05) is 5.73 Å². The van der Waals surface area contributed by atoms with Gasteiger partial charge in [0.1, 0.15) is 5.82 Å². The van der Waals surface area contributed by atoms with Gasteiger partial charge in [-0.3, -0.25) is 0 Å². The molecule has 2 N–H and O–H groups in total. The molecule has 1 aromatic heterocycles. The number of aryl methyl sites for hydroxylation is 1. The predicted octanol–water partition coefficient (Wildman–Crippen LogP) is 2.24. The number of nitrogens with two attached hydrogens (primary N) is 1. The number of halogens is 3. The van der Waals surface area contributed by atoms with Crippen LogP contribution < -0.4 is 5.73 Å². The summed E-state index contributed by atoms with van der Waals surface area (Å²) in [4.78, 5) is 0. The maximum Gasteiger partial charge on any atom is 0.194 e. The normalized spacial score (nSPS) is 10.8. The van der Waals surface area contributed by atoms with E-state index in [0.29, 0.717) is 11.5 Å². The third-order valence-electron chi connectivity index (χ3n) is 2.31. The van der Waals surface area contributed by atoms with Crippen molar-refractivity contribution in [3.63, 3.8) is 0 Å². The Bertz CT molecular complexity index is 540. The Kier molecular flexibility index (Phi) is 2.79. The van der Waals surface area contributed by atoms with Gasteiger partial charge in [0.15, 0.2) is 17.5 Å². The Morgan fingerprint density at radius 1 is 1.18 bits per heavy atom. The standard InChI is InChI=1S/C11H10F3N3/c1-6-2-10(15)17(16-6)5-7-3-8(12)11(14)9(13)4-7/h2-4H,5,15H2,1H3. The maximum atomic E-state index is 13.0. The van der Waals surface area contributed by atoms with Gasteiger partial charge in [0, 0.05) is 6.07 Å². The van der Waals surface area contributed by atoms with Crippen LogP contribution in [-0.2, 0) is 6.54 Å². The van der Waals surface area contributed by atoms with Crippen molar-refractivity contribution < 1.29 is 13.2 Å². The fourth-order valence-electron chi connectivity index (χ4n) is 1.56. The minimum Gasteiger partial charge on any atom is -0.384 e. The minimum atomic E-state index is -1.47.